The number of benzene rings is 2. The highest BCUT2D eigenvalue weighted by atomic mass is 16.5. The average Bonchev–Trinajstić information content (AvgIpc) is 2.89. The van der Waals surface area contributed by atoms with E-state index in [0.29, 0.717) is 24.3 Å². The maximum absolute atomic E-state index is 12.6. The number of hydrogen-bond donors (Lipinski definition) is 0. The largest absolute Gasteiger partial charge is 0.457 e. The van der Waals surface area contributed by atoms with E-state index < -0.39 is 0 Å². The second kappa shape index (κ2) is 6.20. The molecule has 25 heavy (non-hydrogen) atoms. The van der Waals surface area contributed by atoms with Crippen LogP contribution in [-0.4, -0.2) is 11.8 Å². The van der Waals surface area contributed by atoms with Crippen molar-refractivity contribution < 1.29 is 14.3 Å². The van der Waals surface area contributed by atoms with Gasteiger partial charge in [0.15, 0.2) is 0 Å². The number of nitrogens with zero attached hydrogens (tertiary/aromatic N) is 1. The van der Waals surface area contributed by atoms with Gasteiger partial charge in [0.05, 0.1) is 17.5 Å². The van der Waals surface area contributed by atoms with Crippen molar-refractivity contribution in [1.82, 2.24) is 0 Å². The third-order valence-corrected chi connectivity index (χ3v) is 4.92. The fourth-order valence-electron chi connectivity index (χ4n) is 3.52. The predicted molar refractivity (Wildman–Crippen MR) is 95.5 cm³/mol. The molecule has 1 fully saturated rings. The molecule has 0 bridgehead atoms. The molecule has 2 aromatic carbocycles. The Morgan fingerprint density at radius 2 is 1.48 bits per heavy atom. The minimum Gasteiger partial charge on any atom is -0.457 e. The standard InChI is InChI=1S/C21H19NO3/c1-14-6-2-5-9-19(14)25-16-12-10-15(11-13-16)22-20(23)17-7-3-4-8-18(17)21(22)24/h2-6,9-13,17-18H,7-8H2,1H3. The normalized spacial score (nSPS) is 22.2. The minimum atomic E-state index is -0.208. The quantitative estimate of drug-likeness (QED) is 0.623. The summed E-state index contributed by atoms with van der Waals surface area (Å²) in [7, 11) is 0. The molecule has 1 heterocycles. The van der Waals surface area contributed by atoms with E-state index in [2.05, 4.69) is 0 Å². The van der Waals surface area contributed by atoms with Crippen molar-refractivity contribution in [1.29, 1.82) is 0 Å². The van der Waals surface area contributed by atoms with Gasteiger partial charge in [0.2, 0.25) is 11.8 Å². The molecular weight excluding hydrogens is 314 g/mol. The van der Waals surface area contributed by atoms with Gasteiger partial charge in [-0.25, -0.2) is 0 Å². The zero-order chi connectivity index (χ0) is 17.4. The number of para-hydroxylation sites is 1. The van der Waals surface area contributed by atoms with E-state index in [9.17, 15) is 9.59 Å². The number of ether oxygens (including phenoxy) is 1. The molecule has 2 atom stereocenters. The van der Waals surface area contributed by atoms with E-state index in [1.807, 2.05) is 43.3 Å². The SMILES string of the molecule is Cc1ccccc1Oc1ccc(N2C(=O)C3CC=CCC3C2=O)cc1. The Hall–Kier alpha value is -2.88. The van der Waals surface area contributed by atoms with Crippen molar-refractivity contribution in [3.63, 3.8) is 0 Å². The van der Waals surface area contributed by atoms with Crippen molar-refractivity contribution in [3.8, 4) is 11.5 Å². The monoisotopic (exact) mass is 333 g/mol. The van der Waals surface area contributed by atoms with Crippen molar-refractivity contribution in [2.75, 3.05) is 4.90 Å². The molecule has 2 amide bonds. The van der Waals surface area contributed by atoms with Crippen LogP contribution < -0.4 is 9.64 Å². The average molecular weight is 333 g/mol. The summed E-state index contributed by atoms with van der Waals surface area (Å²) in [5.41, 5.74) is 1.66. The Balaban J connectivity index is 1.55. The van der Waals surface area contributed by atoms with Crippen LogP contribution in [0.5, 0.6) is 11.5 Å². The Morgan fingerprint density at radius 1 is 0.880 bits per heavy atom. The summed E-state index contributed by atoms with van der Waals surface area (Å²) in [6, 6.07) is 14.9. The Kier molecular flexibility index (Phi) is 3.88. The molecule has 0 radical (unpaired) electrons. The smallest absolute Gasteiger partial charge is 0.238 e. The summed E-state index contributed by atoms with van der Waals surface area (Å²) in [4.78, 5) is 26.6. The highest BCUT2D eigenvalue weighted by molar-refractivity contribution is 6.22. The molecular formula is C21H19NO3. The number of aryl methyl sites for hydroxylation is 1. The topological polar surface area (TPSA) is 46.6 Å². The van der Waals surface area contributed by atoms with Crippen LogP contribution >= 0.6 is 0 Å². The number of imide groups is 1. The van der Waals surface area contributed by atoms with Gasteiger partial charge in [-0.2, -0.15) is 0 Å². The first-order valence-corrected chi connectivity index (χ1v) is 8.51. The summed E-state index contributed by atoms with van der Waals surface area (Å²) < 4.78 is 5.88. The van der Waals surface area contributed by atoms with Crippen molar-refractivity contribution in [3.05, 3.63) is 66.2 Å². The zero-order valence-corrected chi connectivity index (χ0v) is 14.0. The molecule has 4 nitrogen and oxygen atoms in total. The van der Waals surface area contributed by atoms with Crippen LogP contribution in [0.1, 0.15) is 18.4 Å². The fourth-order valence-corrected chi connectivity index (χ4v) is 3.52. The summed E-state index contributed by atoms with van der Waals surface area (Å²) >= 11 is 0. The molecule has 2 aliphatic rings. The van der Waals surface area contributed by atoms with Crippen molar-refractivity contribution in [2.24, 2.45) is 11.8 Å². The van der Waals surface area contributed by atoms with Crippen LogP contribution in [0.25, 0.3) is 0 Å². The molecule has 0 saturated carbocycles. The predicted octanol–water partition coefficient (Wildman–Crippen LogP) is 4.24. The van der Waals surface area contributed by atoms with Gasteiger partial charge >= 0.3 is 0 Å². The molecule has 4 heteroatoms. The number of fused-ring (bicyclic) bond motifs is 1. The van der Waals surface area contributed by atoms with Gasteiger partial charge in [0.1, 0.15) is 11.5 Å². The summed E-state index contributed by atoms with van der Waals surface area (Å²) in [6.45, 7) is 1.99. The number of carbonyl (C=O) groups is 2. The maximum atomic E-state index is 12.6. The molecule has 126 valence electrons. The fraction of sp³-hybridized carbons (Fsp3) is 0.238. The summed E-state index contributed by atoms with van der Waals surface area (Å²) in [5, 5.41) is 0. The molecule has 1 saturated heterocycles. The summed E-state index contributed by atoms with van der Waals surface area (Å²) in [6.07, 6.45) is 5.30. The van der Waals surface area contributed by atoms with Crippen LogP contribution in [-0.2, 0) is 9.59 Å². The highest BCUT2D eigenvalue weighted by Gasteiger charge is 2.47. The van der Waals surface area contributed by atoms with E-state index in [4.69, 9.17) is 4.74 Å². The molecule has 2 aromatic rings. The minimum absolute atomic E-state index is 0.0908. The van der Waals surface area contributed by atoms with Gasteiger partial charge in [-0.05, 0) is 55.7 Å². The Bertz CT molecular complexity index is 828. The van der Waals surface area contributed by atoms with Crippen LogP contribution in [0.15, 0.2) is 60.7 Å². The van der Waals surface area contributed by atoms with E-state index in [1.54, 1.807) is 24.3 Å². The second-order valence-electron chi connectivity index (χ2n) is 6.53. The highest BCUT2D eigenvalue weighted by Crippen LogP contribution is 2.38. The maximum Gasteiger partial charge on any atom is 0.238 e. The number of hydrogen-bond acceptors (Lipinski definition) is 3. The van der Waals surface area contributed by atoms with Gasteiger partial charge in [0.25, 0.3) is 0 Å². The third-order valence-electron chi connectivity index (χ3n) is 4.92. The number of allylic oxidation sites excluding steroid dienone is 2. The van der Waals surface area contributed by atoms with E-state index >= 15 is 0 Å². The number of amides is 2. The second-order valence-corrected chi connectivity index (χ2v) is 6.53. The van der Waals surface area contributed by atoms with Gasteiger partial charge in [-0.15, -0.1) is 0 Å². The molecule has 4 rings (SSSR count). The molecule has 2 unspecified atom stereocenters. The third kappa shape index (κ3) is 2.74. The van der Waals surface area contributed by atoms with Gasteiger partial charge in [-0.3, -0.25) is 14.5 Å². The first-order valence-electron chi connectivity index (χ1n) is 8.51. The molecule has 0 N–H and O–H groups in total. The first-order chi connectivity index (χ1) is 12.1. The van der Waals surface area contributed by atoms with E-state index in [1.165, 1.54) is 4.90 Å². The zero-order valence-electron chi connectivity index (χ0n) is 14.0. The lowest BCUT2D eigenvalue weighted by Crippen LogP contribution is -2.30. The lowest BCUT2D eigenvalue weighted by molar-refractivity contribution is -0.122. The Morgan fingerprint density at radius 3 is 2.08 bits per heavy atom. The Labute approximate surface area is 146 Å². The first kappa shape index (κ1) is 15.6. The number of carbonyl (C=O) groups excluding carboxylic acids is 2. The van der Waals surface area contributed by atoms with Gasteiger partial charge in [-0.1, -0.05) is 30.4 Å². The molecule has 1 aliphatic carbocycles. The van der Waals surface area contributed by atoms with Crippen LogP contribution in [0.2, 0.25) is 0 Å². The molecule has 1 aliphatic heterocycles. The van der Waals surface area contributed by atoms with Crippen LogP contribution in [0.4, 0.5) is 5.69 Å². The van der Waals surface area contributed by atoms with Crippen molar-refractivity contribution in [2.45, 2.75) is 19.8 Å². The van der Waals surface area contributed by atoms with Crippen LogP contribution in [0.3, 0.4) is 0 Å². The number of rotatable bonds is 3. The lowest BCUT2D eigenvalue weighted by atomic mass is 9.85. The molecule has 0 aromatic heterocycles. The van der Waals surface area contributed by atoms with E-state index in [-0.39, 0.29) is 23.7 Å². The molecule has 0 spiro atoms. The van der Waals surface area contributed by atoms with Crippen molar-refractivity contribution >= 4 is 17.5 Å². The van der Waals surface area contributed by atoms with Crippen LogP contribution in [0, 0.1) is 18.8 Å². The van der Waals surface area contributed by atoms with Gasteiger partial charge in [0, 0.05) is 0 Å². The van der Waals surface area contributed by atoms with E-state index in [0.717, 1.165) is 11.3 Å². The summed E-state index contributed by atoms with van der Waals surface area (Å²) in [5.74, 6) is 0.872. The lowest BCUT2D eigenvalue weighted by Gasteiger charge is -2.15. The van der Waals surface area contributed by atoms with Gasteiger partial charge < -0.3 is 4.74 Å². The number of anilines is 1.